The Morgan fingerprint density at radius 1 is 0.342 bits per heavy atom. The fourth-order valence-electron chi connectivity index (χ4n) is 11.5. The molecule has 0 saturated heterocycles. The maximum atomic E-state index is 12.5. The molecule has 1 amide bonds. The molecule has 0 aromatic heterocycles. The number of aliphatic hydroxyl groups is 2. The number of hydrogen-bond acceptors (Lipinski definition) is 5. The van der Waals surface area contributed by atoms with Gasteiger partial charge >= 0.3 is 5.97 Å². The van der Waals surface area contributed by atoms with Gasteiger partial charge in [-0.25, -0.2) is 0 Å². The predicted octanol–water partition coefficient (Wildman–Crippen LogP) is 23.3. The molecule has 0 heterocycles. The first-order chi connectivity index (χ1) is 39.0. The van der Waals surface area contributed by atoms with E-state index in [-0.39, 0.29) is 18.5 Å². The Morgan fingerprint density at radius 3 is 0.899 bits per heavy atom. The number of ether oxygens (including phenoxy) is 1. The highest BCUT2D eigenvalue weighted by Gasteiger charge is 2.18. The van der Waals surface area contributed by atoms with Crippen molar-refractivity contribution in [1.29, 1.82) is 0 Å². The number of unbranched alkanes of at least 4 members (excludes halogenated alkanes) is 55. The number of esters is 1. The van der Waals surface area contributed by atoms with Crippen molar-refractivity contribution in [2.24, 2.45) is 0 Å². The van der Waals surface area contributed by atoms with Crippen molar-refractivity contribution >= 4 is 11.9 Å². The summed E-state index contributed by atoms with van der Waals surface area (Å²) >= 11 is 0. The van der Waals surface area contributed by atoms with Crippen LogP contribution in [-0.4, -0.2) is 47.4 Å². The average molecular weight is 1110 g/mol. The molecule has 0 aliphatic carbocycles. The summed E-state index contributed by atoms with van der Waals surface area (Å²) in [6.45, 7) is 4.95. The van der Waals surface area contributed by atoms with Gasteiger partial charge in [0.2, 0.25) is 5.91 Å². The molecule has 6 nitrogen and oxygen atoms in total. The van der Waals surface area contributed by atoms with Crippen molar-refractivity contribution in [3.63, 3.8) is 0 Å². The standard InChI is InChI=1S/C73H141NO5/c1-3-5-7-9-11-13-15-17-19-21-33-37-41-45-49-53-57-61-65-71(76)70(69-75)74-72(77)66-62-58-54-50-46-42-38-34-31-29-27-25-23-24-26-28-30-32-36-40-44-48-52-56-60-64-68-79-73(78)67-63-59-55-51-47-43-39-35-22-20-18-16-14-12-10-8-6-4-2/h23,25,61,65,70-71,75-76H,3-22,24,26-60,62-64,66-69H2,1-2H3,(H,74,77)/b25-23-,65-61+. The lowest BCUT2D eigenvalue weighted by molar-refractivity contribution is -0.143. The summed E-state index contributed by atoms with van der Waals surface area (Å²) in [5.41, 5.74) is 0. The van der Waals surface area contributed by atoms with Gasteiger partial charge in [0.05, 0.1) is 25.4 Å². The fourth-order valence-corrected chi connectivity index (χ4v) is 11.5. The third-order valence-electron chi connectivity index (χ3n) is 17.0. The van der Waals surface area contributed by atoms with Crippen LogP contribution in [0.2, 0.25) is 0 Å². The first kappa shape index (κ1) is 77.3. The van der Waals surface area contributed by atoms with E-state index < -0.39 is 12.1 Å². The van der Waals surface area contributed by atoms with Gasteiger partial charge in [-0.15, -0.1) is 0 Å². The number of amides is 1. The summed E-state index contributed by atoms with van der Waals surface area (Å²) < 4.78 is 5.51. The van der Waals surface area contributed by atoms with Gasteiger partial charge < -0.3 is 20.3 Å². The first-order valence-corrected chi connectivity index (χ1v) is 36.1. The molecule has 2 atom stereocenters. The minimum Gasteiger partial charge on any atom is -0.466 e. The molecule has 0 aliphatic heterocycles. The molecular weight excluding hydrogens is 971 g/mol. The highest BCUT2D eigenvalue weighted by molar-refractivity contribution is 5.76. The topological polar surface area (TPSA) is 95.9 Å². The summed E-state index contributed by atoms with van der Waals surface area (Å²) in [6, 6.07) is -0.630. The third kappa shape index (κ3) is 65.4. The van der Waals surface area contributed by atoms with Crippen molar-refractivity contribution in [2.45, 2.75) is 418 Å². The largest absolute Gasteiger partial charge is 0.466 e. The minimum absolute atomic E-state index is 0.0191. The van der Waals surface area contributed by atoms with E-state index >= 15 is 0 Å². The SMILES string of the molecule is CCCCCCCCCCCCCCCCCC/C=C/C(O)C(CO)NC(=O)CCCCCCCCCCCC/C=C\CCCCCCCCCCCCCCOC(=O)CCCCCCCCCCCCCCCCCCCC. The minimum atomic E-state index is -0.846. The summed E-state index contributed by atoms with van der Waals surface area (Å²) in [7, 11) is 0. The molecular formula is C73H141NO5. The van der Waals surface area contributed by atoms with Gasteiger partial charge in [0.15, 0.2) is 0 Å². The Hall–Kier alpha value is -1.66. The van der Waals surface area contributed by atoms with E-state index in [1.165, 1.54) is 340 Å². The Balaban J connectivity index is 3.39. The van der Waals surface area contributed by atoms with Gasteiger partial charge in [0.1, 0.15) is 0 Å². The molecule has 0 rings (SSSR count). The zero-order valence-electron chi connectivity index (χ0n) is 53.6. The summed E-state index contributed by atoms with van der Waals surface area (Å²) in [4.78, 5) is 24.6. The van der Waals surface area contributed by atoms with Crippen molar-refractivity contribution in [3.8, 4) is 0 Å². The number of allylic oxidation sites excluding steroid dienone is 3. The highest BCUT2D eigenvalue weighted by atomic mass is 16.5. The van der Waals surface area contributed by atoms with Crippen molar-refractivity contribution < 1.29 is 24.5 Å². The van der Waals surface area contributed by atoms with Crippen molar-refractivity contribution in [1.82, 2.24) is 5.32 Å². The van der Waals surface area contributed by atoms with Gasteiger partial charge in [-0.1, -0.05) is 359 Å². The zero-order valence-corrected chi connectivity index (χ0v) is 53.6. The number of nitrogens with one attached hydrogen (secondary N) is 1. The van der Waals surface area contributed by atoms with E-state index in [1.807, 2.05) is 6.08 Å². The maximum absolute atomic E-state index is 12.5. The molecule has 0 radical (unpaired) electrons. The number of hydrogen-bond donors (Lipinski definition) is 3. The molecule has 0 saturated carbocycles. The highest BCUT2D eigenvalue weighted by Crippen LogP contribution is 2.19. The number of aliphatic hydroxyl groups excluding tert-OH is 2. The molecule has 3 N–H and O–H groups in total. The molecule has 79 heavy (non-hydrogen) atoms. The van der Waals surface area contributed by atoms with E-state index in [2.05, 4.69) is 31.3 Å². The quantitative estimate of drug-likeness (QED) is 0.0320. The second-order valence-corrected chi connectivity index (χ2v) is 24.9. The monoisotopic (exact) mass is 1110 g/mol. The van der Waals surface area contributed by atoms with Crippen LogP contribution in [-0.2, 0) is 14.3 Å². The molecule has 0 aliphatic rings. The molecule has 6 heteroatoms. The van der Waals surface area contributed by atoms with Crippen LogP contribution >= 0.6 is 0 Å². The maximum Gasteiger partial charge on any atom is 0.305 e. The Kier molecular flexibility index (Phi) is 67.4. The Bertz CT molecular complexity index is 1230. The van der Waals surface area contributed by atoms with Crippen LogP contribution in [0, 0.1) is 0 Å². The molecule has 2 unspecified atom stereocenters. The molecule has 0 fully saturated rings. The third-order valence-corrected chi connectivity index (χ3v) is 17.0. The first-order valence-electron chi connectivity index (χ1n) is 36.1. The van der Waals surface area contributed by atoms with Crippen LogP contribution in [0.1, 0.15) is 406 Å². The van der Waals surface area contributed by atoms with Crippen LogP contribution in [0.25, 0.3) is 0 Å². The van der Waals surface area contributed by atoms with Gasteiger partial charge in [0.25, 0.3) is 0 Å². The second kappa shape index (κ2) is 68.8. The summed E-state index contributed by atoms with van der Waals surface area (Å²) in [5, 5.41) is 23.2. The lowest BCUT2D eigenvalue weighted by Crippen LogP contribution is -2.45. The average Bonchev–Trinajstić information content (AvgIpc) is 3.45. The van der Waals surface area contributed by atoms with Gasteiger partial charge in [-0.05, 0) is 57.8 Å². The molecule has 468 valence electrons. The zero-order chi connectivity index (χ0) is 57.1. The van der Waals surface area contributed by atoms with Gasteiger partial charge in [-0.3, -0.25) is 9.59 Å². The van der Waals surface area contributed by atoms with E-state index in [1.54, 1.807) is 6.08 Å². The van der Waals surface area contributed by atoms with Crippen LogP contribution < -0.4 is 5.32 Å². The summed E-state index contributed by atoms with van der Waals surface area (Å²) in [5.74, 6) is -0.0472. The number of rotatable bonds is 68. The van der Waals surface area contributed by atoms with Crippen LogP contribution in [0.5, 0.6) is 0 Å². The molecule has 0 aromatic carbocycles. The Morgan fingerprint density at radius 2 is 0.595 bits per heavy atom. The number of carbonyl (C=O) groups is 2. The molecule has 0 spiro atoms. The lowest BCUT2D eigenvalue weighted by atomic mass is 10.0. The van der Waals surface area contributed by atoms with Crippen LogP contribution in [0.15, 0.2) is 24.3 Å². The summed E-state index contributed by atoms with van der Waals surface area (Å²) in [6.07, 6.45) is 86.9. The van der Waals surface area contributed by atoms with E-state index in [4.69, 9.17) is 4.74 Å². The normalized spacial score (nSPS) is 12.6. The van der Waals surface area contributed by atoms with Gasteiger partial charge in [-0.2, -0.15) is 0 Å². The van der Waals surface area contributed by atoms with E-state index in [0.29, 0.717) is 19.4 Å². The smallest absolute Gasteiger partial charge is 0.305 e. The Labute approximate surface area is 494 Å². The second-order valence-electron chi connectivity index (χ2n) is 24.9. The van der Waals surface area contributed by atoms with Gasteiger partial charge in [0, 0.05) is 12.8 Å². The molecule has 0 aromatic rings. The number of carbonyl (C=O) groups excluding carboxylic acids is 2. The molecule has 0 bridgehead atoms. The fraction of sp³-hybridized carbons (Fsp3) is 0.918. The predicted molar refractivity (Wildman–Crippen MR) is 347 cm³/mol. The van der Waals surface area contributed by atoms with Crippen molar-refractivity contribution in [2.75, 3.05) is 13.2 Å². The van der Waals surface area contributed by atoms with E-state index in [9.17, 15) is 19.8 Å². The van der Waals surface area contributed by atoms with E-state index in [0.717, 1.165) is 38.5 Å². The van der Waals surface area contributed by atoms with Crippen LogP contribution in [0.4, 0.5) is 0 Å². The van der Waals surface area contributed by atoms with Crippen molar-refractivity contribution in [3.05, 3.63) is 24.3 Å². The lowest BCUT2D eigenvalue weighted by Gasteiger charge is -2.20. The van der Waals surface area contributed by atoms with Crippen LogP contribution in [0.3, 0.4) is 0 Å².